The lowest BCUT2D eigenvalue weighted by atomic mass is 10.5. The molecule has 98 valence electrons. The second-order valence-corrected chi connectivity index (χ2v) is 5.92. The number of nitrogens with zero attached hydrogens (tertiary/aromatic N) is 1. The lowest BCUT2D eigenvalue weighted by Crippen LogP contribution is -2.31. The molecule has 1 aromatic rings. The Hall–Kier alpha value is -0.510. The van der Waals surface area contributed by atoms with Crippen LogP contribution in [0, 0.1) is 0 Å². The number of alkyl halides is 2. The Balaban J connectivity index is 3.08. The number of hydrogen-bond donors (Lipinski definition) is 1. The molecule has 0 unspecified atom stereocenters. The predicted molar refractivity (Wildman–Crippen MR) is 58.2 cm³/mol. The molecule has 0 saturated heterocycles. The van der Waals surface area contributed by atoms with Gasteiger partial charge >= 0.3 is 0 Å². The van der Waals surface area contributed by atoms with E-state index in [-0.39, 0.29) is 15.3 Å². The van der Waals surface area contributed by atoms with Crippen LogP contribution in [0.5, 0.6) is 0 Å². The van der Waals surface area contributed by atoms with E-state index in [1.807, 2.05) is 0 Å². The van der Waals surface area contributed by atoms with E-state index in [0.29, 0.717) is 4.31 Å². The summed E-state index contributed by atoms with van der Waals surface area (Å²) in [5, 5.41) is 8.78. The molecular formula is C8H10BrF2NO4S. The highest BCUT2D eigenvalue weighted by Crippen LogP contribution is 2.28. The first-order chi connectivity index (χ1) is 7.78. The number of aliphatic hydroxyl groups excluding tert-OH is 1. The first-order valence-electron chi connectivity index (χ1n) is 4.42. The van der Waals surface area contributed by atoms with Gasteiger partial charge in [0.05, 0.1) is 6.54 Å². The monoisotopic (exact) mass is 333 g/mol. The van der Waals surface area contributed by atoms with Crippen LogP contribution >= 0.6 is 15.9 Å². The Labute approximate surface area is 105 Å². The number of rotatable bonds is 5. The normalized spacial score (nSPS) is 12.6. The molecule has 17 heavy (non-hydrogen) atoms. The van der Waals surface area contributed by atoms with Crippen LogP contribution in [0.4, 0.5) is 8.78 Å². The van der Waals surface area contributed by atoms with Crippen LogP contribution in [0.1, 0.15) is 5.76 Å². The van der Waals surface area contributed by atoms with Gasteiger partial charge in [-0.1, -0.05) is 0 Å². The van der Waals surface area contributed by atoms with Crippen LogP contribution < -0.4 is 0 Å². The minimum Gasteiger partial charge on any atom is -0.450 e. The fraction of sp³-hybridized carbons (Fsp3) is 0.500. The molecule has 0 spiro atoms. The van der Waals surface area contributed by atoms with Gasteiger partial charge in [0.2, 0.25) is 10.0 Å². The zero-order valence-electron chi connectivity index (χ0n) is 8.73. The van der Waals surface area contributed by atoms with E-state index >= 15 is 0 Å². The fourth-order valence-corrected chi connectivity index (χ4v) is 3.22. The van der Waals surface area contributed by atoms with Crippen molar-refractivity contribution in [3.05, 3.63) is 16.5 Å². The molecule has 0 aliphatic heterocycles. The second kappa shape index (κ2) is 5.42. The third-order valence-electron chi connectivity index (χ3n) is 1.95. The van der Waals surface area contributed by atoms with Gasteiger partial charge < -0.3 is 9.52 Å². The summed E-state index contributed by atoms with van der Waals surface area (Å²) < 4.78 is 53.2. The van der Waals surface area contributed by atoms with Crippen LogP contribution in [-0.4, -0.2) is 37.8 Å². The highest BCUT2D eigenvalue weighted by Gasteiger charge is 2.28. The summed E-state index contributed by atoms with van der Waals surface area (Å²) in [4.78, 5) is -0.287. The summed E-state index contributed by atoms with van der Waals surface area (Å²) in [6.45, 7) is -1.39. The van der Waals surface area contributed by atoms with Crippen LogP contribution in [0.3, 0.4) is 0 Å². The molecule has 0 fully saturated rings. The third kappa shape index (κ3) is 3.24. The van der Waals surface area contributed by atoms with Gasteiger partial charge in [0.25, 0.3) is 6.43 Å². The van der Waals surface area contributed by atoms with E-state index in [0.717, 1.165) is 13.1 Å². The number of aliphatic hydroxyl groups is 1. The van der Waals surface area contributed by atoms with E-state index in [1.54, 1.807) is 0 Å². The average molecular weight is 334 g/mol. The number of sulfonamides is 1. The van der Waals surface area contributed by atoms with Gasteiger partial charge in [-0.3, -0.25) is 0 Å². The van der Waals surface area contributed by atoms with Crippen LogP contribution in [0.2, 0.25) is 0 Å². The topological polar surface area (TPSA) is 70.8 Å². The van der Waals surface area contributed by atoms with E-state index < -0.39 is 29.6 Å². The van der Waals surface area contributed by atoms with Crippen molar-refractivity contribution in [3.63, 3.8) is 0 Å². The van der Waals surface area contributed by atoms with Crippen molar-refractivity contribution in [2.24, 2.45) is 0 Å². The summed E-state index contributed by atoms with van der Waals surface area (Å²) in [5.74, 6) is 0.0286. The SMILES string of the molecule is CN(CC(F)F)S(=O)(=O)c1cc(CO)oc1Br. The summed E-state index contributed by atoms with van der Waals surface area (Å²) in [7, 11) is -3.01. The Bertz CT molecular complexity index is 488. The summed E-state index contributed by atoms with van der Waals surface area (Å²) in [6.07, 6.45) is -2.77. The molecule has 0 atom stereocenters. The van der Waals surface area contributed by atoms with E-state index in [9.17, 15) is 17.2 Å². The van der Waals surface area contributed by atoms with Crippen LogP contribution in [-0.2, 0) is 16.6 Å². The summed E-state index contributed by atoms with van der Waals surface area (Å²) in [5.41, 5.74) is 0. The lowest BCUT2D eigenvalue weighted by molar-refractivity contribution is 0.126. The molecule has 0 aromatic carbocycles. The molecule has 0 saturated carbocycles. The highest BCUT2D eigenvalue weighted by molar-refractivity contribution is 9.10. The molecule has 0 aliphatic rings. The highest BCUT2D eigenvalue weighted by atomic mass is 79.9. The fourth-order valence-electron chi connectivity index (χ4n) is 1.11. The maximum absolute atomic E-state index is 12.1. The van der Waals surface area contributed by atoms with Crippen molar-refractivity contribution in [1.29, 1.82) is 0 Å². The Morgan fingerprint density at radius 3 is 2.59 bits per heavy atom. The maximum atomic E-state index is 12.1. The molecule has 9 heteroatoms. The van der Waals surface area contributed by atoms with Crippen molar-refractivity contribution in [1.82, 2.24) is 4.31 Å². The number of hydrogen-bond acceptors (Lipinski definition) is 4. The molecule has 1 heterocycles. The molecule has 1 rings (SSSR count). The largest absolute Gasteiger partial charge is 0.450 e. The van der Waals surface area contributed by atoms with Crippen LogP contribution in [0.15, 0.2) is 20.0 Å². The summed E-state index contributed by atoms with van der Waals surface area (Å²) >= 11 is 2.86. The Morgan fingerprint density at radius 2 is 2.18 bits per heavy atom. The maximum Gasteiger partial charge on any atom is 0.252 e. The van der Waals surface area contributed by atoms with Gasteiger partial charge in [0, 0.05) is 13.1 Å². The lowest BCUT2D eigenvalue weighted by Gasteiger charge is -2.15. The summed E-state index contributed by atoms with van der Waals surface area (Å²) in [6, 6.07) is 1.08. The van der Waals surface area contributed by atoms with Crippen molar-refractivity contribution in [3.8, 4) is 0 Å². The smallest absolute Gasteiger partial charge is 0.252 e. The van der Waals surface area contributed by atoms with Crippen molar-refractivity contribution >= 4 is 26.0 Å². The number of furan rings is 1. The minimum absolute atomic E-state index is 0.0286. The van der Waals surface area contributed by atoms with Gasteiger partial charge in [-0.2, -0.15) is 4.31 Å². The zero-order chi connectivity index (χ0) is 13.2. The van der Waals surface area contributed by atoms with E-state index in [4.69, 9.17) is 9.52 Å². The second-order valence-electron chi connectivity index (χ2n) is 3.19. The Kier molecular flexibility index (Phi) is 4.64. The molecular weight excluding hydrogens is 324 g/mol. The van der Waals surface area contributed by atoms with Gasteiger partial charge in [0.15, 0.2) is 4.67 Å². The number of halogens is 3. The minimum atomic E-state index is -4.05. The van der Waals surface area contributed by atoms with Gasteiger partial charge in [-0.25, -0.2) is 17.2 Å². The predicted octanol–water partition coefficient (Wildman–Crippen LogP) is 1.42. The average Bonchev–Trinajstić information content (AvgIpc) is 2.59. The molecule has 0 radical (unpaired) electrons. The van der Waals surface area contributed by atoms with Crippen molar-refractivity contribution in [2.75, 3.05) is 13.6 Å². The third-order valence-corrected chi connectivity index (χ3v) is 4.63. The molecule has 5 nitrogen and oxygen atoms in total. The van der Waals surface area contributed by atoms with Gasteiger partial charge in [0.1, 0.15) is 17.3 Å². The van der Waals surface area contributed by atoms with Crippen molar-refractivity contribution < 1.29 is 26.7 Å². The molecule has 0 amide bonds. The zero-order valence-corrected chi connectivity index (χ0v) is 11.1. The first kappa shape index (κ1) is 14.6. The Morgan fingerprint density at radius 1 is 1.59 bits per heavy atom. The quantitative estimate of drug-likeness (QED) is 0.884. The van der Waals surface area contributed by atoms with Gasteiger partial charge in [-0.05, 0) is 15.9 Å². The standard InChI is InChI=1S/C8H10BrF2NO4S/c1-12(3-7(10)11)17(14,15)6-2-5(4-13)16-8(6)9/h2,7,13H,3-4H2,1H3. The van der Waals surface area contributed by atoms with Gasteiger partial charge in [-0.15, -0.1) is 0 Å². The molecule has 1 aromatic heterocycles. The van der Waals surface area contributed by atoms with E-state index in [2.05, 4.69) is 15.9 Å². The van der Waals surface area contributed by atoms with Crippen LogP contribution in [0.25, 0.3) is 0 Å². The molecule has 0 bridgehead atoms. The molecule has 1 N–H and O–H groups in total. The first-order valence-corrected chi connectivity index (χ1v) is 6.66. The molecule has 0 aliphatic carbocycles. The van der Waals surface area contributed by atoms with E-state index in [1.165, 1.54) is 0 Å². The van der Waals surface area contributed by atoms with Crippen molar-refractivity contribution in [2.45, 2.75) is 17.9 Å².